The zero-order valence-electron chi connectivity index (χ0n) is 15.3. The van der Waals surface area contributed by atoms with Crippen LogP contribution in [0.15, 0.2) is 83.2 Å². The van der Waals surface area contributed by atoms with Crippen molar-refractivity contribution < 1.29 is 4.79 Å². The van der Waals surface area contributed by atoms with Gasteiger partial charge in [0.05, 0.1) is 10.2 Å². The third kappa shape index (κ3) is 4.80. The van der Waals surface area contributed by atoms with Crippen molar-refractivity contribution in [1.29, 1.82) is 0 Å². The first-order chi connectivity index (χ1) is 13.8. The largest absolute Gasteiger partial charge is 0.326 e. The van der Waals surface area contributed by atoms with Gasteiger partial charge in [-0.3, -0.25) is 4.79 Å². The Bertz CT molecular complexity index is 1030. The summed E-state index contributed by atoms with van der Waals surface area (Å²) in [6.45, 7) is 0. The molecule has 0 fully saturated rings. The Kier molecular flexibility index (Phi) is 6.04. The maximum absolute atomic E-state index is 12.2. The van der Waals surface area contributed by atoms with E-state index in [1.165, 1.54) is 10.3 Å². The first-order valence-corrected chi connectivity index (χ1v) is 11.0. The standard InChI is InChI=1S/C23H20N2OS2/c26-22(11-6-16-27-23-25-20-9-4-5-10-21(20)28-23)24-19-14-12-18(13-15-19)17-7-2-1-3-8-17/h1-5,7-10,12-15H,6,11,16H2,(H,24,26). The first-order valence-electron chi connectivity index (χ1n) is 9.22. The van der Waals surface area contributed by atoms with Gasteiger partial charge in [-0.05, 0) is 41.8 Å². The van der Waals surface area contributed by atoms with Crippen LogP contribution in [-0.2, 0) is 4.79 Å². The van der Waals surface area contributed by atoms with Crippen molar-refractivity contribution in [2.24, 2.45) is 0 Å². The number of nitrogens with one attached hydrogen (secondary N) is 1. The summed E-state index contributed by atoms with van der Waals surface area (Å²) in [5.41, 5.74) is 4.20. The second-order valence-corrected chi connectivity index (χ2v) is 8.76. The Morgan fingerprint density at radius 1 is 0.893 bits per heavy atom. The van der Waals surface area contributed by atoms with Crippen LogP contribution < -0.4 is 5.32 Å². The lowest BCUT2D eigenvalue weighted by Crippen LogP contribution is -2.11. The lowest BCUT2D eigenvalue weighted by Gasteiger charge is -2.07. The van der Waals surface area contributed by atoms with Gasteiger partial charge in [0.15, 0.2) is 4.34 Å². The van der Waals surface area contributed by atoms with Gasteiger partial charge in [0, 0.05) is 17.9 Å². The van der Waals surface area contributed by atoms with Crippen LogP contribution in [-0.4, -0.2) is 16.6 Å². The molecule has 1 heterocycles. The molecule has 0 unspecified atom stereocenters. The number of thioether (sulfide) groups is 1. The Balaban J connectivity index is 1.23. The number of hydrogen-bond acceptors (Lipinski definition) is 4. The fourth-order valence-corrected chi connectivity index (χ4v) is 4.98. The van der Waals surface area contributed by atoms with E-state index in [1.54, 1.807) is 23.1 Å². The summed E-state index contributed by atoms with van der Waals surface area (Å²) in [5.74, 6) is 0.942. The Hall–Kier alpha value is -2.63. The number of carbonyl (C=O) groups is 1. The molecule has 0 bridgehead atoms. The monoisotopic (exact) mass is 404 g/mol. The number of para-hydroxylation sites is 1. The zero-order chi connectivity index (χ0) is 19.2. The van der Waals surface area contributed by atoms with Crippen LogP contribution in [0.2, 0.25) is 0 Å². The van der Waals surface area contributed by atoms with Gasteiger partial charge < -0.3 is 5.32 Å². The number of hydrogen-bond donors (Lipinski definition) is 1. The highest BCUT2D eigenvalue weighted by molar-refractivity contribution is 8.01. The molecule has 1 amide bonds. The van der Waals surface area contributed by atoms with E-state index in [0.717, 1.165) is 33.3 Å². The molecule has 3 nitrogen and oxygen atoms in total. The fraction of sp³-hybridized carbons (Fsp3) is 0.130. The molecule has 0 radical (unpaired) electrons. The van der Waals surface area contributed by atoms with Crippen molar-refractivity contribution in [3.8, 4) is 11.1 Å². The van der Waals surface area contributed by atoms with E-state index < -0.39 is 0 Å². The van der Waals surface area contributed by atoms with Crippen LogP contribution in [0.4, 0.5) is 5.69 Å². The number of rotatable bonds is 7. The maximum Gasteiger partial charge on any atom is 0.224 e. The number of fused-ring (bicyclic) bond motifs is 1. The van der Waals surface area contributed by atoms with Crippen molar-refractivity contribution in [3.05, 3.63) is 78.9 Å². The molecule has 0 saturated heterocycles. The van der Waals surface area contributed by atoms with E-state index in [-0.39, 0.29) is 5.91 Å². The smallest absolute Gasteiger partial charge is 0.224 e. The summed E-state index contributed by atoms with van der Waals surface area (Å²) >= 11 is 3.43. The van der Waals surface area contributed by atoms with Gasteiger partial charge in [-0.2, -0.15) is 0 Å². The number of carbonyl (C=O) groups excluding carboxylic acids is 1. The summed E-state index contributed by atoms with van der Waals surface area (Å²) in [4.78, 5) is 16.8. The number of amides is 1. The lowest BCUT2D eigenvalue weighted by atomic mass is 10.1. The van der Waals surface area contributed by atoms with Crippen LogP contribution >= 0.6 is 23.1 Å². The first kappa shape index (κ1) is 18.7. The number of thiazole rings is 1. The number of benzene rings is 3. The summed E-state index contributed by atoms with van der Waals surface area (Å²) in [5, 5.41) is 2.98. The van der Waals surface area contributed by atoms with Gasteiger partial charge in [0.2, 0.25) is 5.91 Å². The third-order valence-corrected chi connectivity index (χ3v) is 6.59. The highest BCUT2D eigenvalue weighted by Crippen LogP contribution is 2.29. The zero-order valence-corrected chi connectivity index (χ0v) is 16.9. The fourth-order valence-electron chi connectivity index (χ4n) is 2.91. The van der Waals surface area contributed by atoms with Gasteiger partial charge in [0.25, 0.3) is 0 Å². The van der Waals surface area contributed by atoms with Gasteiger partial charge in [-0.1, -0.05) is 66.4 Å². The number of aromatic nitrogens is 1. The third-order valence-electron chi connectivity index (χ3n) is 4.32. The molecule has 4 rings (SSSR count). The van der Waals surface area contributed by atoms with Gasteiger partial charge in [-0.15, -0.1) is 11.3 Å². The minimum atomic E-state index is 0.0531. The van der Waals surface area contributed by atoms with E-state index in [0.29, 0.717) is 6.42 Å². The minimum Gasteiger partial charge on any atom is -0.326 e. The molecular weight excluding hydrogens is 384 g/mol. The molecule has 28 heavy (non-hydrogen) atoms. The molecule has 1 aromatic heterocycles. The van der Waals surface area contributed by atoms with E-state index in [4.69, 9.17) is 0 Å². The predicted octanol–water partition coefficient (Wildman–Crippen LogP) is 6.47. The highest BCUT2D eigenvalue weighted by Gasteiger charge is 2.06. The van der Waals surface area contributed by atoms with Crippen molar-refractivity contribution >= 4 is 44.9 Å². The molecule has 4 aromatic rings. The maximum atomic E-state index is 12.2. The molecular formula is C23H20N2OS2. The van der Waals surface area contributed by atoms with Crippen LogP contribution in [0.25, 0.3) is 21.3 Å². The number of nitrogens with zero attached hydrogens (tertiary/aromatic N) is 1. The highest BCUT2D eigenvalue weighted by atomic mass is 32.2. The van der Waals surface area contributed by atoms with Crippen molar-refractivity contribution in [1.82, 2.24) is 4.98 Å². The normalized spacial score (nSPS) is 10.9. The van der Waals surface area contributed by atoms with Crippen LogP contribution in [0.1, 0.15) is 12.8 Å². The molecule has 5 heteroatoms. The summed E-state index contributed by atoms with van der Waals surface area (Å²) in [7, 11) is 0. The van der Waals surface area contributed by atoms with Crippen LogP contribution in [0.5, 0.6) is 0 Å². The minimum absolute atomic E-state index is 0.0531. The SMILES string of the molecule is O=C(CCCSc1nc2ccccc2s1)Nc1ccc(-c2ccccc2)cc1. The summed E-state index contributed by atoms with van der Waals surface area (Å²) < 4.78 is 2.28. The molecule has 0 saturated carbocycles. The van der Waals surface area contributed by atoms with E-state index in [2.05, 4.69) is 28.5 Å². The lowest BCUT2D eigenvalue weighted by molar-refractivity contribution is -0.116. The van der Waals surface area contributed by atoms with Crippen molar-refractivity contribution in [2.75, 3.05) is 11.1 Å². The molecule has 0 aliphatic rings. The van der Waals surface area contributed by atoms with Gasteiger partial charge in [-0.25, -0.2) is 4.98 Å². The van der Waals surface area contributed by atoms with Crippen molar-refractivity contribution in [2.45, 2.75) is 17.2 Å². The van der Waals surface area contributed by atoms with E-state index in [1.807, 2.05) is 60.7 Å². The molecule has 0 atom stereocenters. The Labute approximate surface area is 172 Å². The van der Waals surface area contributed by atoms with Gasteiger partial charge >= 0.3 is 0 Å². The molecule has 140 valence electrons. The van der Waals surface area contributed by atoms with Crippen molar-refractivity contribution in [3.63, 3.8) is 0 Å². The van der Waals surface area contributed by atoms with E-state index in [9.17, 15) is 4.79 Å². The van der Waals surface area contributed by atoms with E-state index >= 15 is 0 Å². The predicted molar refractivity (Wildman–Crippen MR) is 120 cm³/mol. The van der Waals surface area contributed by atoms with Gasteiger partial charge in [0.1, 0.15) is 0 Å². The average Bonchev–Trinajstić information content (AvgIpc) is 3.15. The quantitative estimate of drug-likeness (QED) is 0.283. The van der Waals surface area contributed by atoms with Crippen LogP contribution in [0.3, 0.4) is 0 Å². The van der Waals surface area contributed by atoms with Crippen LogP contribution in [0, 0.1) is 0 Å². The second kappa shape index (κ2) is 9.04. The summed E-state index contributed by atoms with van der Waals surface area (Å²) in [6.07, 6.45) is 1.34. The molecule has 3 aromatic carbocycles. The topological polar surface area (TPSA) is 42.0 Å². The summed E-state index contributed by atoms with van der Waals surface area (Å²) in [6, 6.07) is 26.4. The second-order valence-electron chi connectivity index (χ2n) is 6.39. The molecule has 0 spiro atoms. The molecule has 0 aliphatic carbocycles. The Morgan fingerprint density at radius 3 is 2.39 bits per heavy atom. The number of anilines is 1. The molecule has 1 N–H and O–H groups in total. The Morgan fingerprint density at radius 2 is 1.61 bits per heavy atom. The average molecular weight is 405 g/mol. The molecule has 0 aliphatic heterocycles.